The Kier molecular flexibility index (Phi) is 5.93. The van der Waals surface area contributed by atoms with Crippen LogP contribution in [-0.2, 0) is 16.4 Å². The van der Waals surface area contributed by atoms with Crippen LogP contribution in [0, 0.1) is 6.92 Å². The van der Waals surface area contributed by atoms with Crippen molar-refractivity contribution in [1.29, 1.82) is 0 Å². The Morgan fingerprint density at radius 3 is 2.68 bits per heavy atom. The second kappa shape index (κ2) is 8.22. The summed E-state index contributed by atoms with van der Waals surface area (Å²) in [6.07, 6.45) is 3.41. The normalized spacial score (nSPS) is 13.1. The molecule has 2 aromatic heterocycles. The van der Waals surface area contributed by atoms with Crippen molar-refractivity contribution in [2.24, 2.45) is 0 Å². The predicted octanol–water partition coefficient (Wildman–Crippen LogP) is 2.41. The molecule has 0 radical (unpaired) electrons. The van der Waals surface area contributed by atoms with Gasteiger partial charge in [0.2, 0.25) is 10.0 Å². The molecule has 1 atom stereocenters. The molecule has 2 N–H and O–H groups in total. The van der Waals surface area contributed by atoms with Gasteiger partial charge in [0.15, 0.2) is 0 Å². The molecule has 0 amide bonds. The Morgan fingerprint density at radius 2 is 2.00 bits per heavy atom. The Bertz CT molecular complexity index is 1070. The molecule has 0 aliphatic carbocycles. The van der Waals surface area contributed by atoms with E-state index in [-0.39, 0.29) is 11.4 Å². The van der Waals surface area contributed by atoms with Gasteiger partial charge < -0.3 is 10.1 Å². The molecule has 0 spiro atoms. The van der Waals surface area contributed by atoms with Crippen molar-refractivity contribution in [3.8, 4) is 0 Å². The lowest BCUT2D eigenvalue weighted by atomic mass is 10.1. The maximum atomic E-state index is 12.7. The number of pyridine rings is 1. The van der Waals surface area contributed by atoms with Crippen LogP contribution >= 0.6 is 0 Å². The third-order valence-electron chi connectivity index (χ3n) is 4.50. The Balaban J connectivity index is 1.78. The minimum atomic E-state index is -3.67. The van der Waals surface area contributed by atoms with E-state index in [0.717, 1.165) is 32.4 Å². The zero-order valence-corrected chi connectivity index (χ0v) is 16.8. The number of sulfonamides is 1. The first-order valence-electron chi connectivity index (χ1n) is 8.95. The lowest BCUT2D eigenvalue weighted by Crippen LogP contribution is -2.34. The molecular formula is C20H24N4O3S. The van der Waals surface area contributed by atoms with Crippen molar-refractivity contribution in [2.75, 3.05) is 13.6 Å². The molecule has 1 unspecified atom stereocenters. The molecule has 28 heavy (non-hydrogen) atoms. The van der Waals surface area contributed by atoms with E-state index in [4.69, 9.17) is 0 Å². The average Bonchev–Trinajstić information content (AvgIpc) is 3.03. The number of nitrogens with one attached hydrogen (secondary N) is 1. The highest BCUT2D eigenvalue weighted by Crippen LogP contribution is 2.20. The second-order valence-electron chi connectivity index (χ2n) is 6.76. The number of rotatable bonds is 8. The number of fused-ring (bicyclic) bond motifs is 1. The van der Waals surface area contributed by atoms with Crippen molar-refractivity contribution in [1.82, 2.24) is 19.3 Å². The summed E-state index contributed by atoms with van der Waals surface area (Å²) in [7, 11) is -2.21. The van der Waals surface area contributed by atoms with Gasteiger partial charge in [0.25, 0.3) is 0 Å². The molecule has 148 valence electrons. The van der Waals surface area contributed by atoms with E-state index < -0.39 is 16.1 Å². The van der Waals surface area contributed by atoms with Crippen molar-refractivity contribution < 1.29 is 13.5 Å². The number of imidazole rings is 1. The minimum Gasteiger partial charge on any atom is -0.391 e. The zero-order valence-electron chi connectivity index (χ0n) is 16.0. The fourth-order valence-corrected chi connectivity index (χ4v) is 4.27. The summed E-state index contributed by atoms with van der Waals surface area (Å²) in [5.41, 5.74) is 3.53. The van der Waals surface area contributed by atoms with E-state index in [1.165, 1.54) is 7.05 Å². The number of aliphatic hydroxyl groups is 1. The van der Waals surface area contributed by atoms with Crippen molar-refractivity contribution >= 4 is 21.1 Å². The molecule has 0 bridgehead atoms. The van der Waals surface area contributed by atoms with Crippen LogP contribution in [0.5, 0.6) is 0 Å². The van der Waals surface area contributed by atoms with Gasteiger partial charge >= 0.3 is 0 Å². The van der Waals surface area contributed by atoms with E-state index in [1.807, 2.05) is 13.0 Å². The molecule has 7 nitrogen and oxygen atoms in total. The van der Waals surface area contributed by atoms with Gasteiger partial charge in [-0.3, -0.25) is 4.98 Å². The Morgan fingerprint density at radius 1 is 1.29 bits per heavy atom. The number of H-pyrrole nitrogens is 1. The molecule has 2 heterocycles. The molecule has 3 aromatic rings. The van der Waals surface area contributed by atoms with E-state index in [1.54, 1.807) is 36.5 Å². The van der Waals surface area contributed by atoms with Crippen LogP contribution in [0.3, 0.4) is 0 Å². The first-order chi connectivity index (χ1) is 13.3. The van der Waals surface area contributed by atoms with Gasteiger partial charge in [-0.2, -0.15) is 4.31 Å². The smallest absolute Gasteiger partial charge is 0.242 e. The summed E-state index contributed by atoms with van der Waals surface area (Å²) in [4.78, 5) is 12.3. The van der Waals surface area contributed by atoms with Crippen LogP contribution in [0.15, 0.2) is 54.1 Å². The number of aromatic amines is 1. The lowest BCUT2D eigenvalue weighted by Gasteiger charge is -2.20. The summed E-state index contributed by atoms with van der Waals surface area (Å²) < 4.78 is 26.5. The number of nitrogens with zero attached hydrogens (tertiary/aromatic N) is 3. The fourth-order valence-electron chi connectivity index (χ4n) is 3.06. The molecule has 8 heteroatoms. The van der Waals surface area contributed by atoms with E-state index in [2.05, 4.69) is 21.5 Å². The molecule has 0 aliphatic heterocycles. The Labute approximate surface area is 164 Å². The van der Waals surface area contributed by atoms with Gasteiger partial charge in [-0.1, -0.05) is 18.2 Å². The SMILES string of the molecule is C=CCC(O)CN(C)S(=O)(=O)c1ccc(Cc2nccc3[nH]c(C)nc23)cc1. The second-order valence-corrected chi connectivity index (χ2v) is 8.81. The highest BCUT2D eigenvalue weighted by Gasteiger charge is 2.22. The van der Waals surface area contributed by atoms with Crippen molar-refractivity contribution in [3.05, 3.63) is 66.3 Å². The first-order valence-corrected chi connectivity index (χ1v) is 10.4. The maximum Gasteiger partial charge on any atom is 0.242 e. The summed E-state index contributed by atoms with van der Waals surface area (Å²) in [5.74, 6) is 0.826. The van der Waals surface area contributed by atoms with E-state index in [0.29, 0.717) is 12.8 Å². The highest BCUT2D eigenvalue weighted by atomic mass is 32.2. The number of hydrogen-bond donors (Lipinski definition) is 2. The van der Waals surface area contributed by atoms with Gasteiger partial charge in [0.05, 0.1) is 22.2 Å². The number of aliphatic hydroxyl groups excluding tert-OH is 1. The minimum absolute atomic E-state index is 0.0144. The van der Waals surface area contributed by atoms with Gasteiger partial charge in [0, 0.05) is 26.2 Å². The van der Waals surface area contributed by atoms with Gasteiger partial charge in [0.1, 0.15) is 11.3 Å². The number of aryl methyl sites for hydroxylation is 1. The Hall–Kier alpha value is -2.55. The van der Waals surface area contributed by atoms with Crippen molar-refractivity contribution in [3.63, 3.8) is 0 Å². The third kappa shape index (κ3) is 4.30. The zero-order chi connectivity index (χ0) is 20.3. The standard InChI is InChI=1S/C20H24N4O3S/c1-4-5-16(25)13-24(3)28(26,27)17-8-6-15(7-9-17)12-19-20-18(10-11-21-19)22-14(2)23-20/h4,6-11,16,25H,1,5,12-13H2,2-3H3,(H,22,23). The predicted molar refractivity (Wildman–Crippen MR) is 109 cm³/mol. The molecule has 0 saturated heterocycles. The average molecular weight is 401 g/mol. The van der Waals surface area contributed by atoms with Crippen LogP contribution in [0.1, 0.15) is 23.5 Å². The number of benzene rings is 1. The van der Waals surface area contributed by atoms with Gasteiger partial charge in [-0.15, -0.1) is 6.58 Å². The molecule has 0 saturated carbocycles. The first kappa shape index (κ1) is 20.2. The van der Waals surface area contributed by atoms with Crippen LogP contribution in [0.2, 0.25) is 0 Å². The lowest BCUT2D eigenvalue weighted by molar-refractivity contribution is 0.155. The summed E-state index contributed by atoms with van der Waals surface area (Å²) in [6, 6.07) is 8.60. The highest BCUT2D eigenvalue weighted by molar-refractivity contribution is 7.89. The largest absolute Gasteiger partial charge is 0.391 e. The quantitative estimate of drug-likeness (QED) is 0.566. The third-order valence-corrected chi connectivity index (χ3v) is 6.34. The van der Waals surface area contributed by atoms with Crippen LogP contribution in [-0.4, -0.2) is 52.5 Å². The molecule has 3 rings (SSSR count). The van der Waals surface area contributed by atoms with E-state index in [9.17, 15) is 13.5 Å². The summed E-state index contributed by atoms with van der Waals surface area (Å²) >= 11 is 0. The summed E-state index contributed by atoms with van der Waals surface area (Å²) in [6.45, 7) is 5.46. The van der Waals surface area contributed by atoms with Gasteiger partial charge in [-0.05, 0) is 37.1 Å². The molecule has 0 fully saturated rings. The van der Waals surface area contributed by atoms with E-state index >= 15 is 0 Å². The van der Waals surface area contributed by atoms with Crippen LogP contribution in [0.25, 0.3) is 11.0 Å². The maximum absolute atomic E-state index is 12.7. The number of aromatic nitrogens is 3. The van der Waals surface area contributed by atoms with Crippen LogP contribution < -0.4 is 0 Å². The summed E-state index contributed by atoms with van der Waals surface area (Å²) in [5, 5.41) is 9.83. The fraction of sp³-hybridized carbons (Fsp3) is 0.300. The van der Waals surface area contributed by atoms with Crippen LogP contribution in [0.4, 0.5) is 0 Å². The monoisotopic (exact) mass is 400 g/mol. The number of hydrogen-bond acceptors (Lipinski definition) is 5. The van der Waals surface area contributed by atoms with Gasteiger partial charge in [-0.25, -0.2) is 13.4 Å². The molecular weight excluding hydrogens is 376 g/mol. The molecule has 1 aromatic carbocycles. The topological polar surface area (TPSA) is 99.2 Å². The number of likely N-dealkylation sites (N-methyl/N-ethyl adjacent to an activating group) is 1. The molecule has 0 aliphatic rings. The van der Waals surface area contributed by atoms with Crippen molar-refractivity contribution in [2.45, 2.75) is 30.8 Å².